The summed E-state index contributed by atoms with van der Waals surface area (Å²) in [5.74, 6) is 4.18. The molecule has 0 saturated heterocycles. The number of benzene rings is 1. The van der Waals surface area contributed by atoms with Gasteiger partial charge in [-0.25, -0.2) is 4.99 Å². The lowest BCUT2D eigenvalue weighted by atomic mass is 9.80. The minimum atomic E-state index is 0. The van der Waals surface area contributed by atoms with E-state index in [9.17, 15) is 0 Å². The first-order valence-electron chi connectivity index (χ1n) is 11.6. The van der Waals surface area contributed by atoms with Crippen LogP contribution in [0.15, 0.2) is 35.3 Å². The second-order valence-corrected chi connectivity index (χ2v) is 9.18. The van der Waals surface area contributed by atoms with Gasteiger partial charge in [0.1, 0.15) is 12.4 Å². The molecule has 1 aromatic heterocycles. The number of rotatable bonds is 8. The summed E-state index contributed by atoms with van der Waals surface area (Å²) in [6.45, 7) is 9.07. The lowest BCUT2D eigenvalue weighted by molar-refractivity contribution is 0.255. The van der Waals surface area contributed by atoms with Crippen LogP contribution < -0.4 is 15.5 Å². The summed E-state index contributed by atoms with van der Waals surface area (Å²) in [5.41, 5.74) is 1.25. The maximum atomic E-state index is 4.84. The van der Waals surface area contributed by atoms with E-state index in [1.807, 2.05) is 18.5 Å². The summed E-state index contributed by atoms with van der Waals surface area (Å²) in [4.78, 5) is 7.14. The molecule has 2 unspecified atom stereocenters. The fourth-order valence-corrected chi connectivity index (χ4v) is 4.48. The molecule has 1 aromatic carbocycles. The van der Waals surface area contributed by atoms with Crippen molar-refractivity contribution in [3.8, 4) is 0 Å². The molecule has 1 aliphatic rings. The lowest BCUT2D eigenvalue weighted by Gasteiger charge is -2.33. The van der Waals surface area contributed by atoms with Gasteiger partial charge in [0.2, 0.25) is 0 Å². The van der Waals surface area contributed by atoms with Crippen molar-refractivity contribution in [2.45, 2.75) is 59.0 Å². The van der Waals surface area contributed by atoms with Gasteiger partial charge in [-0.05, 0) is 56.6 Å². The van der Waals surface area contributed by atoms with Gasteiger partial charge in [0, 0.05) is 38.9 Å². The molecule has 2 N–H and O–H groups in total. The van der Waals surface area contributed by atoms with Gasteiger partial charge >= 0.3 is 0 Å². The van der Waals surface area contributed by atoms with Gasteiger partial charge in [-0.15, -0.1) is 34.2 Å². The van der Waals surface area contributed by atoms with Crippen LogP contribution in [-0.2, 0) is 13.6 Å². The highest BCUT2D eigenvalue weighted by molar-refractivity contribution is 14.0. The predicted octanol–water partition coefficient (Wildman–Crippen LogP) is 4.13. The van der Waals surface area contributed by atoms with E-state index in [4.69, 9.17) is 4.99 Å². The van der Waals surface area contributed by atoms with Crippen LogP contribution in [0.2, 0.25) is 0 Å². The van der Waals surface area contributed by atoms with Gasteiger partial charge < -0.3 is 20.1 Å². The zero-order valence-corrected chi connectivity index (χ0v) is 22.5. The van der Waals surface area contributed by atoms with Crippen LogP contribution >= 0.6 is 24.0 Å². The quantitative estimate of drug-likeness (QED) is 0.223. The Bertz CT molecular complexity index is 826. The number of halogens is 1. The number of aliphatic imine (C=N–C) groups is 1. The van der Waals surface area contributed by atoms with Crippen LogP contribution in [0.3, 0.4) is 0 Å². The molecule has 32 heavy (non-hydrogen) atoms. The molecule has 2 aromatic rings. The SMILES string of the molecule is Cc1nnc(CN=C(NCCCN(C)c2ccccc2)NC2CC(C)CC(C)C2)n1C.I. The third-order valence-electron chi connectivity index (χ3n) is 6.24. The van der Waals surface area contributed by atoms with Crippen molar-refractivity contribution in [3.63, 3.8) is 0 Å². The fourth-order valence-electron chi connectivity index (χ4n) is 4.48. The molecule has 3 rings (SSSR count). The van der Waals surface area contributed by atoms with Gasteiger partial charge in [-0.3, -0.25) is 0 Å². The van der Waals surface area contributed by atoms with Gasteiger partial charge in [0.15, 0.2) is 11.8 Å². The molecule has 7 nitrogen and oxygen atoms in total. The molecule has 1 aliphatic carbocycles. The van der Waals surface area contributed by atoms with Crippen molar-refractivity contribution in [1.82, 2.24) is 25.4 Å². The summed E-state index contributed by atoms with van der Waals surface area (Å²) in [7, 11) is 4.13. The molecule has 0 amide bonds. The van der Waals surface area contributed by atoms with Crippen molar-refractivity contribution in [2.24, 2.45) is 23.9 Å². The highest BCUT2D eigenvalue weighted by atomic mass is 127. The van der Waals surface area contributed by atoms with Crippen molar-refractivity contribution in [3.05, 3.63) is 42.0 Å². The first kappa shape index (κ1) is 26.4. The standard InChI is InChI=1S/C24H39N7.HI/c1-18-14-19(2)16-21(15-18)27-24(26-17-23-29-28-20(3)31(23)5)25-12-9-13-30(4)22-10-7-6-8-11-22;/h6-8,10-11,18-19,21H,9,12-17H2,1-5H3,(H2,25,26,27);1H. The zero-order chi connectivity index (χ0) is 22.2. The molecular formula is C24H40IN7. The first-order chi connectivity index (χ1) is 14.9. The van der Waals surface area contributed by atoms with E-state index in [1.54, 1.807) is 0 Å². The Morgan fingerprint density at radius 3 is 2.44 bits per heavy atom. The number of aryl methyl sites for hydroxylation is 1. The van der Waals surface area contributed by atoms with Crippen molar-refractivity contribution in [1.29, 1.82) is 0 Å². The van der Waals surface area contributed by atoms with Gasteiger partial charge in [0.05, 0.1) is 0 Å². The molecule has 1 heterocycles. The number of hydrogen-bond donors (Lipinski definition) is 2. The van der Waals surface area contributed by atoms with E-state index >= 15 is 0 Å². The maximum Gasteiger partial charge on any atom is 0.191 e. The van der Waals surface area contributed by atoms with Gasteiger partial charge in [-0.1, -0.05) is 32.0 Å². The number of nitrogens with one attached hydrogen (secondary N) is 2. The Labute approximate surface area is 210 Å². The largest absolute Gasteiger partial charge is 0.375 e. The van der Waals surface area contributed by atoms with E-state index in [1.165, 1.54) is 24.9 Å². The third-order valence-corrected chi connectivity index (χ3v) is 6.24. The highest BCUT2D eigenvalue weighted by Gasteiger charge is 2.24. The summed E-state index contributed by atoms with van der Waals surface area (Å²) in [5, 5.41) is 15.7. The zero-order valence-electron chi connectivity index (χ0n) is 20.2. The molecule has 178 valence electrons. The molecule has 1 fully saturated rings. The Morgan fingerprint density at radius 2 is 1.81 bits per heavy atom. The number of anilines is 1. The van der Waals surface area contributed by atoms with Crippen LogP contribution in [-0.4, -0.2) is 46.9 Å². The minimum Gasteiger partial charge on any atom is -0.375 e. The first-order valence-corrected chi connectivity index (χ1v) is 11.6. The molecule has 0 radical (unpaired) electrons. The van der Waals surface area contributed by atoms with Crippen LogP contribution in [0.5, 0.6) is 0 Å². The number of hydrogen-bond acceptors (Lipinski definition) is 4. The van der Waals surface area contributed by atoms with Crippen LogP contribution in [0.4, 0.5) is 5.69 Å². The van der Waals surface area contributed by atoms with Gasteiger partial charge in [0.25, 0.3) is 0 Å². The average Bonchev–Trinajstić information content (AvgIpc) is 3.06. The molecule has 2 atom stereocenters. The van der Waals surface area contributed by atoms with E-state index < -0.39 is 0 Å². The van der Waals surface area contributed by atoms with E-state index in [0.29, 0.717) is 12.6 Å². The molecule has 0 bridgehead atoms. The molecule has 1 saturated carbocycles. The van der Waals surface area contributed by atoms with E-state index in [0.717, 1.165) is 49.0 Å². The Hall–Kier alpha value is -1.84. The molecule has 0 spiro atoms. The average molecular weight is 554 g/mol. The Kier molecular flexibility index (Phi) is 10.7. The highest BCUT2D eigenvalue weighted by Crippen LogP contribution is 2.28. The monoisotopic (exact) mass is 553 g/mol. The summed E-state index contributed by atoms with van der Waals surface area (Å²) in [6.07, 6.45) is 4.75. The Morgan fingerprint density at radius 1 is 1.12 bits per heavy atom. The normalized spacial score (nSPS) is 21.0. The van der Waals surface area contributed by atoms with Crippen LogP contribution in [0, 0.1) is 18.8 Å². The summed E-state index contributed by atoms with van der Waals surface area (Å²) < 4.78 is 2.00. The van der Waals surface area contributed by atoms with Crippen molar-refractivity contribution < 1.29 is 0 Å². The second kappa shape index (κ2) is 13.0. The van der Waals surface area contributed by atoms with Crippen molar-refractivity contribution in [2.75, 3.05) is 25.0 Å². The second-order valence-electron chi connectivity index (χ2n) is 9.18. The van der Waals surface area contributed by atoms with Crippen molar-refractivity contribution >= 4 is 35.6 Å². The predicted molar refractivity (Wildman–Crippen MR) is 144 cm³/mol. The Balaban J connectivity index is 0.00000363. The molecular weight excluding hydrogens is 513 g/mol. The third kappa shape index (κ3) is 7.94. The molecule has 8 heteroatoms. The number of nitrogens with zero attached hydrogens (tertiary/aromatic N) is 5. The topological polar surface area (TPSA) is 70.4 Å². The summed E-state index contributed by atoms with van der Waals surface area (Å²) >= 11 is 0. The summed E-state index contributed by atoms with van der Waals surface area (Å²) in [6, 6.07) is 11.0. The number of aromatic nitrogens is 3. The molecule has 0 aliphatic heterocycles. The lowest BCUT2D eigenvalue weighted by Crippen LogP contribution is -2.46. The maximum absolute atomic E-state index is 4.84. The van der Waals surface area contributed by atoms with Crippen LogP contribution in [0.1, 0.15) is 51.2 Å². The number of para-hydroxylation sites is 1. The number of guanidine groups is 1. The minimum absolute atomic E-state index is 0. The fraction of sp³-hybridized carbons (Fsp3) is 0.625. The van der Waals surface area contributed by atoms with Gasteiger partial charge in [-0.2, -0.15) is 0 Å². The smallest absolute Gasteiger partial charge is 0.191 e. The van der Waals surface area contributed by atoms with E-state index in [-0.39, 0.29) is 24.0 Å². The van der Waals surface area contributed by atoms with Crippen LogP contribution in [0.25, 0.3) is 0 Å². The van der Waals surface area contributed by atoms with E-state index in [2.05, 4.69) is 77.0 Å².